The van der Waals surface area contributed by atoms with Crippen LogP contribution in [0.1, 0.15) is 53.4 Å². The number of carboxylic acids is 4. The number of carbonyl (C=O) groups is 4. The first-order valence-electron chi connectivity index (χ1n) is 5.93. The van der Waals surface area contributed by atoms with Crippen molar-refractivity contribution in [2.24, 2.45) is 0 Å². The fourth-order valence-electron chi connectivity index (χ4n) is 0. The van der Waals surface area contributed by atoms with Crippen LogP contribution < -0.4 is 5.11 Å². The van der Waals surface area contributed by atoms with Crippen molar-refractivity contribution in [3.63, 3.8) is 0 Å². The van der Waals surface area contributed by atoms with Crippen LogP contribution in [-0.4, -0.2) is 39.2 Å². The van der Waals surface area contributed by atoms with Gasteiger partial charge in [0.2, 0.25) is 0 Å². The third-order valence-corrected chi connectivity index (χ3v) is 1.20. The van der Waals surface area contributed by atoms with Gasteiger partial charge in [-0.3, -0.25) is 14.4 Å². The van der Waals surface area contributed by atoms with Gasteiger partial charge in [-0.2, -0.15) is 0 Å². The van der Waals surface area contributed by atoms with E-state index in [1.807, 2.05) is 0 Å². The van der Waals surface area contributed by atoms with Crippen LogP contribution in [-0.2, 0) is 19.2 Å². The molecular weight excluding hydrogens is 504 g/mol. The van der Waals surface area contributed by atoms with Crippen LogP contribution in [0.5, 0.6) is 0 Å². The second-order valence-corrected chi connectivity index (χ2v) is 2.97. The van der Waals surface area contributed by atoms with E-state index in [1.54, 1.807) is 20.8 Å². The summed E-state index contributed by atoms with van der Waals surface area (Å²) in [5, 5.41) is 32.4. The van der Waals surface area contributed by atoms with Crippen molar-refractivity contribution < 1.29 is 79.5 Å². The number of hydrogen-bond acceptors (Lipinski definition) is 5. The molecule has 0 unspecified atom stereocenters. The Bertz CT molecular complexity index is 222. The summed E-state index contributed by atoms with van der Waals surface area (Å²) < 4.78 is 0. The summed E-state index contributed by atoms with van der Waals surface area (Å²) in [6.45, 7) is 6.34. The molecule has 0 aromatic heterocycles. The van der Waals surface area contributed by atoms with Gasteiger partial charge in [0.05, 0.1) is 0 Å². The molecule has 0 fully saturated rings. The zero-order valence-electron chi connectivity index (χ0n) is 12.7. The molecule has 3 N–H and O–H groups in total. The van der Waals surface area contributed by atoms with Gasteiger partial charge in [0, 0.05) is 65.2 Å². The number of carbonyl (C=O) groups excluding carboxylic acids is 1. The molecule has 0 rings (SSSR count). The molecule has 8 nitrogen and oxygen atoms in total. The Kier molecular flexibility index (Phi) is 42.3. The molecule has 9 heteroatoms. The van der Waals surface area contributed by atoms with Crippen LogP contribution >= 0.6 is 0 Å². The maximum absolute atomic E-state index is 9.37. The van der Waals surface area contributed by atoms with Gasteiger partial charge >= 0.3 is 17.9 Å². The summed E-state index contributed by atoms with van der Waals surface area (Å²) in [5.74, 6) is -3.23. The first-order chi connectivity index (χ1) is 9.08. The van der Waals surface area contributed by atoms with Gasteiger partial charge in [0.15, 0.2) is 0 Å². The zero-order valence-corrected chi connectivity index (χ0v) is 16.8. The second kappa shape index (κ2) is 27.5. The van der Waals surface area contributed by atoms with Crippen LogP contribution in [0.15, 0.2) is 0 Å². The molecule has 0 aromatic carbocycles. The molecule has 0 saturated carbocycles. The Balaban J connectivity index is -0.0000000533. The van der Waals surface area contributed by atoms with E-state index in [9.17, 15) is 24.3 Å². The van der Waals surface area contributed by atoms with Gasteiger partial charge in [-0.25, -0.2) is 0 Å². The molecule has 0 aromatic rings. The van der Waals surface area contributed by atoms with Crippen LogP contribution in [0, 0.1) is 39.9 Å². The molecular formula is C12H23O8Th-. The quantitative estimate of drug-likeness (QED) is 0.481. The molecule has 0 aliphatic rings. The third kappa shape index (κ3) is 110. The van der Waals surface area contributed by atoms with Crippen molar-refractivity contribution in [2.75, 3.05) is 0 Å². The van der Waals surface area contributed by atoms with E-state index in [1.165, 1.54) is 6.92 Å². The molecule has 0 saturated heterocycles. The Morgan fingerprint density at radius 2 is 0.762 bits per heavy atom. The van der Waals surface area contributed by atoms with Gasteiger partial charge in [0.25, 0.3) is 0 Å². The standard InChI is InChI=1S/4C3H6O2.Th/c4*1-2-3(4)5;/h4*2H2,1H3,(H,4,5);/p-1. The molecule has 0 radical (unpaired) electrons. The van der Waals surface area contributed by atoms with E-state index in [4.69, 9.17) is 15.3 Å². The monoisotopic (exact) mass is 527 g/mol. The van der Waals surface area contributed by atoms with E-state index < -0.39 is 23.9 Å². The normalized spacial score (nSPS) is 7.05. The fraction of sp³-hybridized carbons (Fsp3) is 0.667. The predicted octanol–water partition coefficient (Wildman–Crippen LogP) is 0.589. The maximum atomic E-state index is 9.37. The molecule has 0 amide bonds. The SMILES string of the molecule is CCC(=O)O.CCC(=O)O.CCC(=O)O.CCC(=O)[O-].[Th]. The molecule has 0 spiro atoms. The van der Waals surface area contributed by atoms with E-state index in [0.717, 1.165) is 0 Å². The van der Waals surface area contributed by atoms with Crippen molar-refractivity contribution in [1.82, 2.24) is 0 Å². The van der Waals surface area contributed by atoms with Crippen molar-refractivity contribution in [3.05, 3.63) is 0 Å². The van der Waals surface area contributed by atoms with Gasteiger partial charge in [0.1, 0.15) is 0 Å². The van der Waals surface area contributed by atoms with Gasteiger partial charge in [-0.15, -0.1) is 0 Å². The van der Waals surface area contributed by atoms with E-state index in [0.29, 0.717) is 0 Å². The van der Waals surface area contributed by atoms with Crippen LogP contribution in [0.3, 0.4) is 0 Å². The average molecular weight is 527 g/mol. The minimum Gasteiger partial charge on any atom is -0.550 e. The van der Waals surface area contributed by atoms with Crippen molar-refractivity contribution >= 4 is 23.9 Å². The molecule has 0 heterocycles. The zero-order chi connectivity index (χ0) is 17.1. The van der Waals surface area contributed by atoms with E-state index in [-0.39, 0.29) is 65.6 Å². The first-order valence-corrected chi connectivity index (χ1v) is 5.93. The summed E-state index contributed by atoms with van der Waals surface area (Å²) >= 11 is 0. The molecule has 124 valence electrons. The summed E-state index contributed by atoms with van der Waals surface area (Å²) in [7, 11) is 0. The number of aliphatic carboxylic acids is 4. The smallest absolute Gasteiger partial charge is 0.303 e. The maximum Gasteiger partial charge on any atom is 0.303 e. The number of rotatable bonds is 4. The van der Waals surface area contributed by atoms with Gasteiger partial charge < -0.3 is 25.2 Å². The largest absolute Gasteiger partial charge is 0.550 e. The van der Waals surface area contributed by atoms with Gasteiger partial charge in [-0.05, 0) is 6.42 Å². The molecule has 0 atom stereocenters. The predicted molar refractivity (Wildman–Crippen MR) is 69.1 cm³/mol. The summed E-state index contributed by atoms with van der Waals surface area (Å²) in [5.41, 5.74) is 0. The Morgan fingerprint density at radius 3 is 0.762 bits per heavy atom. The molecule has 0 aliphatic carbocycles. The molecule has 21 heavy (non-hydrogen) atoms. The first kappa shape index (κ1) is 32.2. The minimum atomic E-state index is -0.995. The Labute approximate surface area is 156 Å². The fourth-order valence-corrected chi connectivity index (χ4v) is 0. The molecule has 0 aliphatic heterocycles. The topological polar surface area (TPSA) is 152 Å². The molecule has 0 bridgehead atoms. The van der Waals surface area contributed by atoms with Crippen LogP contribution in [0.4, 0.5) is 0 Å². The Morgan fingerprint density at radius 1 is 0.667 bits per heavy atom. The van der Waals surface area contributed by atoms with E-state index >= 15 is 0 Å². The Hall–Kier alpha value is -0.795. The van der Waals surface area contributed by atoms with Crippen molar-refractivity contribution in [3.8, 4) is 0 Å². The summed E-state index contributed by atoms with van der Waals surface area (Å²) in [4.78, 5) is 37.4. The summed E-state index contributed by atoms with van der Waals surface area (Å²) in [6, 6.07) is 0. The van der Waals surface area contributed by atoms with Gasteiger partial charge in [-0.1, -0.05) is 27.7 Å². The van der Waals surface area contributed by atoms with Crippen LogP contribution in [0.2, 0.25) is 0 Å². The van der Waals surface area contributed by atoms with E-state index in [2.05, 4.69) is 0 Å². The second-order valence-electron chi connectivity index (χ2n) is 2.97. The summed E-state index contributed by atoms with van der Waals surface area (Å²) in [6.07, 6.45) is 0.778. The van der Waals surface area contributed by atoms with Crippen molar-refractivity contribution in [2.45, 2.75) is 53.4 Å². The average Bonchev–Trinajstić information content (AvgIpc) is 2.40. The van der Waals surface area contributed by atoms with Crippen LogP contribution in [0.25, 0.3) is 0 Å². The third-order valence-electron chi connectivity index (χ3n) is 1.20. The number of carboxylic acid groups (broad SMARTS) is 4. The minimum absolute atomic E-state index is 0. The number of hydrogen-bond donors (Lipinski definition) is 3. The van der Waals surface area contributed by atoms with Crippen molar-refractivity contribution in [1.29, 1.82) is 0 Å².